The zero-order valence-corrected chi connectivity index (χ0v) is 11.0. The van der Waals surface area contributed by atoms with E-state index in [0.717, 1.165) is 16.9 Å². The maximum atomic E-state index is 12.8. The normalized spacial score (nSPS) is 12.2. The lowest BCUT2D eigenvalue weighted by molar-refractivity contribution is 0.199. The summed E-state index contributed by atoms with van der Waals surface area (Å²) in [5.74, 6) is 0.545. The molecule has 0 aliphatic carbocycles. The minimum Gasteiger partial charge on any atom is -0.389 e. The second-order valence-corrected chi connectivity index (χ2v) is 4.61. The van der Waals surface area contributed by atoms with Crippen molar-refractivity contribution in [3.63, 3.8) is 0 Å². The summed E-state index contributed by atoms with van der Waals surface area (Å²) >= 11 is 0. The van der Waals surface area contributed by atoms with Crippen LogP contribution in [0.4, 0.5) is 10.2 Å². The lowest BCUT2D eigenvalue weighted by Gasteiger charge is -2.19. The highest BCUT2D eigenvalue weighted by Gasteiger charge is 2.07. The van der Waals surface area contributed by atoms with Crippen molar-refractivity contribution in [2.75, 3.05) is 11.9 Å². The van der Waals surface area contributed by atoms with Gasteiger partial charge in [-0.15, -0.1) is 0 Å². The highest BCUT2D eigenvalue weighted by Crippen LogP contribution is 2.18. The summed E-state index contributed by atoms with van der Waals surface area (Å²) in [5.41, 5.74) is 1.84. The van der Waals surface area contributed by atoms with Crippen LogP contribution in [-0.2, 0) is 6.54 Å². The van der Waals surface area contributed by atoms with Gasteiger partial charge in [-0.3, -0.25) is 0 Å². The van der Waals surface area contributed by atoms with Gasteiger partial charge in [0.15, 0.2) is 0 Å². The zero-order valence-electron chi connectivity index (χ0n) is 11.0. The van der Waals surface area contributed by atoms with Crippen LogP contribution in [0.15, 0.2) is 42.6 Å². The highest BCUT2D eigenvalue weighted by atomic mass is 19.1. The van der Waals surface area contributed by atoms with E-state index in [1.54, 1.807) is 31.3 Å². The molecule has 1 N–H and O–H groups in total. The van der Waals surface area contributed by atoms with E-state index < -0.39 is 6.10 Å². The van der Waals surface area contributed by atoms with Gasteiger partial charge >= 0.3 is 0 Å². The molecule has 1 aromatic heterocycles. The molecule has 0 saturated heterocycles. The molecule has 0 aliphatic heterocycles. The van der Waals surface area contributed by atoms with Crippen LogP contribution in [0.1, 0.15) is 24.2 Å². The molecule has 0 unspecified atom stereocenters. The highest BCUT2D eigenvalue weighted by molar-refractivity contribution is 5.41. The molecular weight excluding hydrogens is 243 g/mol. The van der Waals surface area contributed by atoms with E-state index in [1.807, 2.05) is 18.0 Å². The largest absolute Gasteiger partial charge is 0.389 e. The number of pyridine rings is 1. The Balaban J connectivity index is 2.13. The van der Waals surface area contributed by atoms with Gasteiger partial charge in [-0.2, -0.15) is 0 Å². The van der Waals surface area contributed by atoms with Crippen LogP contribution in [-0.4, -0.2) is 17.1 Å². The first-order chi connectivity index (χ1) is 9.06. The fraction of sp³-hybridized carbons (Fsp3) is 0.267. The Bertz CT molecular complexity index is 540. The first-order valence-corrected chi connectivity index (χ1v) is 6.16. The molecule has 0 aliphatic rings. The molecule has 19 heavy (non-hydrogen) atoms. The van der Waals surface area contributed by atoms with E-state index in [2.05, 4.69) is 4.98 Å². The lowest BCUT2D eigenvalue weighted by atomic mass is 10.1. The zero-order chi connectivity index (χ0) is 13.8. The van der Waals surface area contributed by atoms with Gasteiger partial charge in [0.2, 0.25) is 0 Å². The van der Waals surface area contributed by atoms with Crippen LogP contribution in [0.2, 0.25) is 0 Å². The van der Waals surface area contributed by atoms with E-state index in [0.29, 0.717) is 6.54 Å². The molecule has 0 spiro atoms. The maximum absolute atomic E-state index is 12.8. The van der Waals surface area contributed by atoms with E-state index >= 15 is 0 Å². The summed E-state index contributed by atoms with van der Waals surface area (Å²) in [5, 5.41) is 9.56. The average Bonchev–Trinajstić information content (AvgIpc) is 2.41. The van der Waals surface area contributed by atoms with Crippen LogP contribution >= 0.6 is 0 Å². The van der Waals surface area contributed by atoms with E-state index in [1.165, 1.54) is 12.1 Å². The molecule has 0 amide bonds. The number of hydrogen-bond donors (Lipinski definition) is 1. The van der Waals surface area contributed by atoms with Gasteiger partial charge in [-0.25, -0.2) is 9.37 Å². The molecule has 1 aromatic carbocycles. The third-order valence-corrected chi connectivity index (χ3v) is 2.98. The number of anilines is 1. The lowest BCUT2D eigenvalue weighted by Crippen LogP contribution is -2.17. The smallest absolute Gasteiger partial charge is 0.128 e. The van der Waals surface area contributed by atoms with Crippen LogP contribution in [0.25, 0.3) is 0 Å². The molecule has 0 fully saturated rings. The Morgan fingerprint density at radius 3 is 2.58 bits per heavy atom. The predicted octanol–water partition coefficient (Wildman–Crippen LogP) is 2.91. The van der Waals surface area contributed by atoms with Crippen LogP contribution in [0.5, 0.6) is 0 Å². The minimum absolute atomic E-state index is 0.236. The van der Waals surface area contributed by atoms with Gasteiger partial charge in [-0.1, -0.05) is 12.1 Å². The Morgan fingerprint density at radius 1 is 1.26 bits per heavy atom. The van der Waals surface area contributed by atoms with Crippen molar-refractivity contribution in [2.45, 2.75) is 19.6 Å². The third-order valence-electron chi connectivity index (χ3n) is 2.98. The van der Waals surface area contributed by atoms with Crippen molar-refractivity contribution in [3.05, 3.63) is 59.5 Å². The van der Waals surface area contributed by atoms with Crippen molar-refractivity contribution in [1.29, 1.82) is 0 Å². The van der Waals surface area contributed by atoms with Crippen molar-refractivity contribution < 1.29 is 9.50 Å². The van der Waals surface area contributed by atoms with Gasteiger partial charge in [0.05, 0.1) is 6.10 Å². The molecule has 2 rings (SSSR count). The summed E-state index contributed by atoms with van der Waals surface area (Å²) in [4.78, 5) is 6.23. The Hall–Kier alpha value is -1.94. The van der Waals surface area contributed by atoms with Gasteiger partial charge in [-0.05, 0) is 42.3 Å². The van der Waals surface area contributed by atoms with Gasteiger partial charge in [0.25, 0.3) is 0 Å². The Morgan fingerprint density at radius 2 is 1.95 bits per heavy atom. The number of nitrogens with zero attached hydrogens (tertiary/aromatic N) is 2. The molecule has 4 heteroatoms. The first kappa shape index (κ1) is 13.5. The fourth-order valence-electron chi connectivity index (χ4n) is 1.85. The number of aromatic nitrogens is 1. The number of aliphatic hydroxyl groups is 1. The predicted molar refractivity (Wildman–Crippen MR) is 73.4 cm³/mol. The fourth-order valence-corrected chi connectivity index (χ4v) is 1.85. The topological polar surface area (TPSA) is 36.4 Å². The number of hydrogen-bond acceptors (Lipinski definition) is 3. The summed E-state index contributed by atoms with van der Waals surface area (Å²) in [7, 11) is 1.91. The average molecular weight is 260 g/mol. The van der Waals surface area contributed by atoms with Crippen molar-refractivity contribution >= 4 is 5.82 Å². The van der Waals surface area contributed by atoms with E-state index in [-0.39, 0.29) is 5.82 Å². The first-order valence-electron chi connectivity index (χ1n) is 6.16. The van der Waals surface area contributed by atoms with Crippen molar-refractivity contribution in [3.8, 4) is 0 Å². The van der Waals surface area contributed by atoms with Crippen LogP contribution in [0.3, 0.4) is 0 Å². The SMILES string of the molecule is C[C@@H](O)c1ccnc(N(C)Cc2ccc(F)cc2)c1. The molecular formula is C15H17FN2O. The van der Waals surface area contributed by atoms with Crippen molar-refractivity contribution in [2.24, 2.45) is 0 Å². The number of aliphatic hydroxyl groups excluding tert-OH is 1. The molecule has 0 saturated carbocycles. The molecule has 0 radical (unpaired) electrons. The summed E-state index contributed by atoms with van der Waals surface area (Å²) in [6.07, 6.45) is 1.17. The summed E-state index contributed by atoms with van der Waals surface area (Å²) in [6, 6.07) is 10.1. The van der Waals surface area contributed by atoms with Crippen LogP contribution < -0.4 is 4.90 Å². The minimum atomic E-state index is -0.513. The second kappa shape index (κ2) is 5.80. The standard InChI is InChI=1S/C15H17FN2O/c1-11(19)13-7-8-17-15(9-13)18(2)10-12-3-5-14(16)6-4-12/h3-9,11,19H,10H2,1-2H3/t11-/m1/s1. The van der Waals surface area contributed by atoms with E-state index in [9.17, 15) is 9.50 Å². The third kappa shape index (κ3) is 3.51. The van der Waals surface area contributed by atoms with Gasteiger partial charge in [0, 0.05) is 19.8 Å². The number of halogens is 1. The van der Waals surface area contributed by atoms with E-state index in [4.69, 9.17) is 0 Å². The summed E-state index contributed by atoms with van der Waals surface area (Å²) < 4.78 is 12.8. The van der Waals surface area contributed by atoms with Gasteiger partial charge < -0.3 is 10.0 Å². The van der Waals surface area contributed by atoms with Gasteiger partial charge in [0.1, 0.15) is 11.6 Å². The Kier molecular flexibility index (Phi) is 4.12. The molecule has 1 heterocycles. The monoisotopic (exact) mass is 260 g/mol. The molecule has 100 valence electrons. The maximum Gasteiger partial charge on any atom is 0.128 e. The number of benzene rings is 1. The second-order valence-electron chi connectivity index (χ2n) is 4.61. The molecule has 1 atom stereocenters. The summed E-state index contributed by atoms with van der Waals surface area (Å²) in [6.45, 7) is 2.36. The Labute approximate surface area is 112 Å². The molecule has 3 nitrogen and oxygen atoms in total. The van der Waals surface area contributed by atoms with Crippen LogP contribution in [0, 0.1) is 5.82 Å². The quantitative estimate of drug-likeness (QED) is 0.918. The van der Waals surface area contributed by atoms with Crippen molar-refractivity contribution in [1.82, 2.24) is 4.98 Å². The number of rotatable bonds is 4. The molecule has 0 bridgehead atoms. The molecule has 2 aromatic rings.